The number of imidazole rings is 1. The molecule has 3 heterocycles. The average Bonchev–Trinajstić information content (AvgIpc) is 3.89. The van der Waals surface area contributed by atoms with Crippen LogP contribution in [-0.2, 0) is 0 Å². The van der Waals surface area contributed by atoms with Crippen molar-refractivity contribution in [2.45, 2.75) is 0 Å². The third-order valence-electron chi connectivity index (χ3n) is 10.7. The molecule has 0 fully saturated rings. The molecule has 272 valence electrons. The molecule has 0 aliphatic rings. The first-order valence-electron chi connectivity index (χ1n) is 19.3. The molecule has 0 N–H and O–H groups in total. The predicted octanol–water partition coefficient (Wildman–Crippen LogP) is 13.1. The lowest BCUT2D eigenvalue weighted by atomic mass is 10.0. The molecule has 6 heteroatoms. The number of rotatable bonds is 7. The standard InChI is InChI=1S/C52H33N5O/c1-4-14-34(15-5-1)36-26-30-38(31-27-36)49-54-50(39-32-28-37(29-33-39)35-16-6-2-7-17-35)56-51(55-49)41-20-12-24-45-47(41)48-42(21-13-25-46(48)58-45)52-53-43-22-10-11-23-44(43)57(52)40-18-8-3-9-19-40/h1-33H. The molecule has 8 aromatic carbocycles. The largest absolute Gasteiger partial charge is 0.456 e. The SMILES string of the molecule is c1ccc(-c2ccc(-c3nc(-c4ccc(-c5ccccc5)cc4)nc(-c4cccc5oc6cccc(-c7nc8ccccc8n7-c7ccccc7)c6c45)n3)cc2)cc1. The van der Waals surface area contributed by atoms with Gasteiger partial charge >= 0.3 is 0 Å². The summed E-state index contributed by atoms with van der Waals surface area (Å²) in [7, 11) is 0. The molecule has 0 aliphatic carbocycles. The summed E-state index contributed by atoms with van der Waals surface area (Å²) in [6.45, 7) is 0. The van der Waals surface area contributed by atoms with Gasteiger partial charge in [0.2, 0.25) is 0 Å². The number of nitrogens with zero attached hydrogens (tertiary/aromatic N) is 5. The van der Waals surface area contributed by atoms with Gasteiger partial charge in [-0.15, -0.1) is 0 Å². The van der Waals surface area contributed by atoms with E-state index in [2.05, 4.69) is 156 Å². The van der Waals surface area contributed by atoms with Crippen LogP contribution in [0.5, 0.6) is 0 Å². The van der Waals surface area contributed by atoms with Gasteiger partial charge in [-0.3, -0.25) is 4.57 Å². The molecule has 0 atom stereocenters. The highest BCUT2D eigenvalue weighted by Gasteiger charge is 2.23. The van der Waals surface area contributed by atoms with E-state index in [-0.39, 0.29) is 0 Å². The van der Waals surface area contributed by atoms with Crippen LogP contribution in [-0.4, -0.2) is 24.5 Å². The van der Waals surface area contributed by atoms with Crippen LogP contribution in [0.15, 0.2) is 205 Å². The Labute approximate surface area is 334 Å². The van der Waals surface area contributed by atoms with E-state index in [1.807, 2.05) is 48.5 Å². The molecule has 0 bridgehead atoms. The number of hydrogen-bond acceptors (Lipinski definition) is 5. The molecular formula is C52H33N5O. The fourth-order valence-electron chi connectivity index (χ4n) is 7.92. The number of para-hydroxylation sites is 3. The molecular weight excluding hydrogens is 711 g/mol. The van der Waals surface area contributed by atoms with Gasteiger partial charge in [0.05, 0.1) is 11.0 Å². The Morgan fingerprint density at radius 3 is 1.36 bits per heavy atom. The minimum atomic E-state index is 0.555. The van der Waals surface area contributed by atoms with E-state index < -0.39 is 0 Å². The molecule has 0 aliphatic heterocycles. The molecule has 0 saturated heterocycles. The van der Waals surface area contributed by atoms with Crippen molar-refractivity contribution in [3.8, 4) is 73.5 Å². The van der Waals surface area contributed by atoms with Crippen molar-refractivity contribution in [2.24, 2.45) is 0 Å². The van der Waals surface area contributed by atoms with Crippen molar-refractivity contribution in [3.05, 3.63) is 200 Å². The lowest BCUT2D eigenvalue weighted by molar-refractivity contribution is 0.669. The Morgan fingerprint density at radius 1 is 0.328 bits per heavy atom. The van der Waals surface area contributed by atoms with E-state index in [1.165, 1.54) is 0 Å². The summed E-state index contributed by atoms with van der Waals surface area (Å²) in [5.41, 5.74) is 12.6. The summed E-state index contributed by atoms with van der Waals surface area (Å²) in [6, 6.07) is 68.5. The van der Waals surface area contributed by atoms with E-state index in [4.69, 9.17) is 24.4 Å². The number of hydrogen-bond donors (Lipinski definition) is 0. The highest BCUT2D eigenvalue weighted by atomic mass is 16.3. The lowest BCUT2D eigenvalue weighted by Crippen LogP contribution is -2.01. The van der Waals surface area contributed by atoms with Gasteiger partial charge in [-0.1, -0.05) is 164 Å². The molecule has 6 nitrogen and oxygen atoms in total. The zero-order valence-electron chi connectivity index (χ0n) is 31.2. The predicted molar refractivity (Wildman–Crippen MR) is 234 cm³/mol. The van der Waals surface area contributed by atoms with Gasteiger partial charge in [-0.25, -0.2) is 19.9 Å². The van der Waals surface area contributed by atoms with E-state index in [1.54, 1.807) is 0 Å². The Balaban J connectivity index is 1.12. The number of benzene rings is 8. The van der Waals surface area contributed by atoms with Crippen molar-refractivity contribution < 1.29 is 4.42 Å². The molecule has 3 aromatic heterocycles. The van der Waals surface area contributed by atoms with E-state index in [0.717, 1.165) is 89.0 Å². The minimum Gasteiger partial charge on any atom is -0.456 e. The first kappa shape index (κ1) is 33.4. The van der Waals surface area contributed by atoms with Crippen LogP contribution in [0.2, 0.25) is 0 Å². The van der Waals surface area contributed by atoms with Crippen molar-refractivity contribution in [1.29, 1.82) is 0 Å². The van der Waals surface area contributed by atoms with Crippen LogP contribution in [0, 0.1) is 0 Å². The maximum atomic E-state index is 6.63. The second-order valence-electron chi connectivity index (χ2n) is 14.2. The van der Waals surface area contributed by atoms with Gasteiger partial charge in [0.15, 0.2) is 17.5 Å². The van der Waals surface area contributed by atoms with Crippen LogP contribution in [0.25, 0.3) is 106 Å². The summed E-state index contributed by atoms with van der Waals surface area (Å²) < 4.78 is 8.85. The van der Waals surface area contributed by atoms with Crippen LogP contribution in [0.4, 0.5) is 0 Å². The van der Waals surface area contributed by atoms with Crippen molar-refractivity contribution in [3.63, 3.8) is 0 Å². The first-order chi connectivity index (χ1) is 28.7. The molecule has 0 spiro atoms. The quantitative estimate of drug-likeness (QED) is 0.163. The molecule has 0 amide bonds. The molecule has 11 rings (SSSR count). The lowest BCUT2D eigenvalue weighted by Gasteiger charge is -2.12. The van der Waals surface area contributed by atoms with Crippen LogP contribution >= 0.6 is 0 Å². The summed E-state index contributed by atoms with van der Waals surface area (Å²) in [6.07, 6.45) is 0. The van der Waals surface area contributed by atoms with Gasteiger partial charge in [0.25, 0.3) is 0 Å². The smallest absolute Gasteiger partial charge is 0.164 e. The Bertz CT molecular complexity index is 3140. The number of aromatic nitrogens is 5. The summed E-state index contributed by atoms with van der Waals surface area (Å²) in [5.74, 6) is 2.55. The van der Waals surface area contributed by atoms with E-state index in [0.29, 0.717) is 17.5 Å². The Hall–Kier alpha value is -7.96. The zero-order valence-corrected chi connectivity index (χ0v) is 31.2. The number of fused-ring (bicyclic) bond motifs is 4. The molecule has 0 saturated carbocycles. The number of furan rings is 1. The summed E-state index contributed by atoms with van der Waals surface area (Å²) >= 11 is 0. The van der Waals surface area contributed by atoms with Gasteiger partial charge < -0.3 is 4.42 Å². The third-order valence-corrected chi connectivity index (χ3v) is 10.7. The second-order valence-corrected chi connectivity index (χ2v) is 14.2. The van der Waals surface area contributed by atoms with E-state index >= 15 is 0 Å². The third kappa shape index (κ3) is 5.83. The monoisotopic (exact) mass is 743 g/mol. The fraction of sp³-hybridized carbons (Fsp3) is 0. The fourth-order valence-corrected chi connectivity index (χ4v) is 7.92. The Kier molecular flexibility index (Phi) is 8.04. The zero-order chi connectivity index (χ0) is 38.4. The van der Waals surface area contributed by atoms with Crippen LogP contribution in [0.1, 0.15) is 0 Å². The maximum absolute atomic E-state index is 6.63. The van der Waals surface area contributed by atoms with Crippen LogP contribution < -0.4 is 0 Å². The second kappa shape index (κ2) is 14.0. The normalized spacial score (nSPS) is 11.4. The molecule has 11 aromatic rings. The topological polar surface area (TPSA) is 69.6 Å². The van der Waals surface area contributed by atoms with Crippen LogP contribution in [0.3, 0.4) is 0 Å². The van der Waals surface area contributed by atoms with Gasteiger partial charge in [0.1, 0.15) is 17.0 Å². The molecule has 58 heavy (non-hydrogen) atoms. The highest BCUT2D eigenvalue weighted by Crippen LogP contribution is 2.42. The summed E-state index contributed by atoms with van der Waals surface area (Å²) in [4.78, 5) is 20.8. The average molecular weight is 744 g/mol. The van der Waals surface area contributed by atoms with Gasteiger partial charge in [-0.05, 0) is 58.7 Å². The highest BCUT2D eigenvalue weighted by molar-refractivity contribution is 6.17. The minimum absolute atomic E-state index is 0.555. The van der Waals surface area contributed by atoms with E-state index in [9.17, 15) is 0 Å². The molecule has 0 unspecified atom stereocenters. The van der Waals surface area contributed by atoms with Crippen molar-refractivity contribution in [2.75, 3.05) is 0 Å². The molecule has 0 radical (unpaired) electrons. The van der Waals surface area contributed by atoms with Crippen molar-refractivity contribution in [1.82, 2.24) is 24.5 Å². The Morgan fingerprint density at radius 2 is 0.776 bits per heavy atom. The first-order valence-corrected chi connectivity index (χ1v) is 19.3. The summed E-state index contributed by atoms with van der Waals surface area (Å²) in [5, 5.41) is 1.87. The van der Waals surface area contributed by atoms with Gasteiger partial charge in [0, 0.05) is 38.7 Å². The maximum Gasteiger partial charge on any atom is 0.164 e. The van der Waals surface area contributed by atoms with Crippen molar-refractivity contribution >= 4 is 33.0 Å². The van der Waals surface area contributed by atoms with Gasteiger partial charge in [-0.2, -0.15) is 0 Å².